The molecule has 1 fully saturated rings. The number of hydrogen-bond donors (Lipinski definition) is 2. The highest BCUT2D eigenvalue weighted by molar-refractivity contribution is 5.98. The number of carbonyl (C=O) groups is 1. The van der Waals surface area contributed by atoms with Crippen LogP contribution < -0.4 is 10.6 Å². The van der Waals surface area contributed by atoms with Gasteiger partial charge in [0.05, 0.1) is 24.3 Å². The van der Waals surface area contributed by atoms with Crippen molar-refractivity contribution in [2.45, 2.75) is 25.8 Å². The third kappa shape index (κ3) is 4.70. The van der Waals surface area contributed by atoms with Crippen LogP contribution in [0, 0.1) is 0 Å². The first-order valence-corrected chi connectivity index (χ1v) is 12.5. The molecule has 0 spiro atoms. The number of nitrogens with one attached hydrogen (secondary N) is 2. The van der Waals surface area contributed by atoms with Crippen molar-refractivity contribution in [2.24, 2.45) is 4.99 Å². The van der Waals surface area contributed by atoms with Gasteiger partial charge in [0.25, 0.3) is 0 Å². The van der Waals surface area contributed by atoms with Crippen molar-refractivity contribution in [2.75, 3.05) is 30.3 Å². The van der Waals surface area contributed by atoms with Gasteiger partial charge in [0, 0.05) is 22.9 Å². The Morgan fingerprint density at radius 1 is 0.917 bits per heavy atom. The van der Waals surface area contributed by atoms with Crippen molar-refractivity contribution >= 4 is 40.2 Å². The standard InChI is InChI=1S/C29H28N6O/c36-27(19-35-14-6-1-7-15-35)32-25-10-4-2-8-23(25)29-33-26-11-5-3-9-24(26)28(34-29)31-22-13-12-20-17-30-18-21(20)16-22/h2-5,8-13,16,18H,1,6-7,14-15,17,19H2,(H,32,36)(H,31,33,34). The summed E-state index contributed by atoms with van der Waals surface area (Å²) in [5.41, 5.74) is 5.64. The molecule has 180 valence electrons. The van der Waals surface area contributed by atoms with Crippen LogP contribution in [0.1, 0.15) is 30.4 Å². The Bertz CT molecular complexity index is 1460. The molecule has 3 heterocycles. The molecule has 36 heavy (non-hydrogen) atoms. The van der Waals surface area contributed by atoms with Crippen molar-refractivity contribution in [1.82, 2.24) is 14.9 Å². The Kier molecular flexibility index (Phi) is 6.13. The molecule has 1 amide bonds. The number of anilines is 3. The Morgan fingerprint density at radius 2 is 1.75 bits per heavy atom. The summed E-state index contributed by atoms with van der Waals surface area (Å²) in [6.07, 6.45) is 5.46. The first-order chi connectivity index (χ1) is 17.7. The average Bonchev–Trinajstić information content (AvgIpc) is 3.37. The summed E-state index contributed by atoms with van der Waals surface area (Å²) < 4.78 is 0. The number of hydrogen-bond acceptors (Lipinski definition) is 6. The van der Waals surface area contributed by atoms with Crippen molar-refractivity contribution in [1.29, 1.82) is 0 Å². The van der Waals surface area contributed by atoms with Crippen LogP contribution in [0.3, 0.4) is 0 Å². The molecule has 1 saturated heterocycles. The van der Waals surface area contributed by atoms with E-state index in [2.05, 4.69) is 38.7 Å². The van der Waals surface area contributed by atoms with Gasteiger partial charge in [-0.1, -0.05) is 36.8 Å². The maximum Gasteiger partial charge on any atom is 0.238 e. The SMILES string of the molecule is O=C(CN1CCCCC1)Nc1ccccc1-c1nc(Nc2ccc3c(c2)C=NC3)c2ccccc2n1. The second-order valence-electron chi connectivity index (χ2n) is 9.35. The highest BCUT2D eigenvalue weighted by Crippen LogP contribution is 2.31. The zero-order valence-electron chi connectivity index (χ0n) is 20.1. The van der Waals surface area contributed by atoms with E-state index in [0.717, 1.165) is 71.7 Å². The molecular weight excluding hydrogens is 448 g/mol. The summed E-state index contributed by atoms with van der Waals surface area (Å²) in [6.45, 7) is 3.09. The molecule has 0 atom stereocenters. The second kappa shape index (κ2) is 9.87. The molecule has 0 radical (unpaired) electrons. The Hall–Kier alpha value is -4.10. The first-order valence-electron chi connectivity index (χ1n) is 12.5. The smallest absolute Gasteiger partial charge is 0.238 e. The molecule has 0 aliphatic carbocycles. The Morgan fingerprint density at radius 3 is 2.67 bits per heavy atom. The fourth-order valence-corrected chi connectivity index (χ4v) is 4.91. The van der Waals surface area contributed by atoms with Crippen molar-refractivity contribution in [3.8, 4) is 11.4 Å². The zero-order chi connectivity index (χ0) is 24.3. The van der Waals surface area contributed by atoms with Gasteiger partial charge in [-0.05, 0) is 73.5 Å². The molecule has 7 nitrogen and oxygen atoms in total. The molecular formula is C29H28N6O. The molecule has 4 aromatic rings. The molecule has 1 aromatic heterocycles. The monoisotopic (exact) mass is 476 g/mol. The van der Waals surface area contributed by atoms with Crippen LogP contribution in [0.15, 0.2) is 71.7 Å². The molecule has 3 aromatic carbocycles. The number of benzene rings is 3. The normalized spacial score (nSPS) is 15.1. The number of aromatic nitrogens is 2. The van der Waals surface area contributed by atoms with Gasteiger partial charge >= 0.3 is 0 Å². The van der Waals surface area contributed by atoms with Crippen LogP contribution >= 0.6 is 0 Å². The van der Waals surface area contributed by atoms with E-state index in [1.165, 1.54) is 12.0 Å². The lowest BCUT2D eigenvalue weighted by Crippen LogP contribution is -2.36. The molecule has 0 unspecified atom stereocenters. The number of rotatable bonds is 6. The topological polar surface area (TPSA) is 82.5 Å². The number of likely N-dealkylation sites (tertiary alicyclic amines) is 1. The van der Waals surface area contributed by atoms with Gasteiger partial charge in [-0.25, -0.2) is 9.97 Å². The highest BCUT2D eigenvalue weighted by Gasteiger charge is 2.17. The molecule has 6 rings (SSSR count). The van der Waals surface area contributed by atoms with E-state index in [1.54, 1.807) is 0 Å². The van der Waals surface area contributed by atoms with Gasteiger partial charge in [-0.3, -0.25) is 14.7 Å². The molecule has 2 aliphatic rings. The van der Waals surface area contributed by atoms with Crippen LogP contribution in [0.2, 0.25) is 0 Å². The zero-order valence-corrected chi connectivity index (χ0v) is 20.1. The number of para-hydroxylation sites is 2. The van der Waals surface area contributed by atoms with Gasteiger partial charge in [-0.15, -0.1) is 0 Å². The molecule has 7 heteroatoms. The number of carbonyl (C=O) groups excluding carboxylic acids is 1. The number of amides is 1. The lowest BCUT2D eigenvalue weighted by Gasteiger charge is -2.25. The maximum atomic E-state index is 12.9. The predicted octanol–water partition coefficient (Wildman–Crippen LogP) is 5.40. The van der Waals surface area contributed by atoms with E-state index < -0.39 is 0 Å². The van der Waals surface area contributed by atoms with E-state index in [4.69, 9.17) is 9.97 Å². The third-order valence-corrected chi connectivity index (χ3v) is 6.76. The van der Waals surface area contributed by atoms with Gasteiger partial charge < -0.3 is 10.6 Å². The van der Waals surface area contributed by atoms with Crippen LogP contribution in [0.4, 0.5) is 17.2 Å². The molecule has 0 saturated carbocycles. The van der Waals surface area contributed by atoms with E-state index in [0.29, 0.717) is 12.4 Å². The number of aliphatic imine (C=N–C) groups is 1. The quantitative estimate of drug-likeness (QED) is 0.390. The minimum Gasteiger partial charge on any atom is -0.340 e. The first kappa shape index (κ1) is 22.4. The highest BCUT2D eigenvalue weighted by atomic mass is 16.2. The van der Waals surface area contributed by atoms with Crippen LogP contribution in [-0.4, -0.2) is 46.6 Å². The fraction of sp³-hybridized carbons (Fsp3) is 0.241. The lowest BCUT2D eigenvalue weighted by molar-refractivity contribution is -0.117. The van der Waals surface area contributed by atoms with Crippen molar-refractivity contribution < 1.29 is 4.79 Å². The van der Waals surface area contributed by atoms with Crippen LogP contribution in [0.5, 0.6) is 0 Å². The summed E-state index contributed by atoms with van der Waals surface area (Å²) in [7, 11) is 0. The van der Waals surface area contributed by atoms with Crippen LogP contribution in [-0.2, 0) is 11.3 Å². The molecule has 2 aliphatic heterocycles. The average molecular weight is 477 g/mol. The largest absolute Gasteiger partial charge is 0.340 e. The maximum absolute atomic E-state index is 12.9. The molecule has 0 bridgehead atoms. The lowest BCUT2D eigenvalue weighted by atomic mass is 10.1. The number of nitrogens with zero attached hydrogens (tertiary/aromatic N) is 4. The summed E-state index contributed by atoms with van der Waals surface area (Å²) >= 11 is 0. The van der Waals surface area contributed by atoms with Gasteiger partial charge in [0.2, 0.25) is 5.91 Å². The Labute approximate surface area is 210 Å². The molecule has 2 N–H and O–H groups in total. The number of fused-ring (bicyclic) bond motifs is 2. The van der Waals surface area contributed by atoms with Crippen molar-refractivity contribution in [3.05, 3.63) is 77.9 Å². The summed E-state index contributed by atoms with van der Waals surface area (Å²) in [4.78, 5) is 29.2. The second-order valence-corrected chi connectivity index (χ2v) is 9.35. The summed E-state index contributed by atoms with van der Waals surface area (Å²) in [5, 5.41) is 7.53. The third-order valence-electron chi connectivity index (χ3n) is 6.76. The summed E-state index contributed by atoms with van der Waals surface area (Å²) in [6, 6.07) is 21.9. The fourth-order valence-electron chi connectivity index (χ4n) is 4.91. The van der Waals surface area contributed by atoms with Gasteiger partial charge in [0.1, 0.15) is 5.82 Å². The summed E-state index contributed by atoms with van der Waals surface area (Å²) in [5.74, 6) is 1.27. The van der Waals surface area contributed by atoms with Gasteiger partial charge in [0.15, 0.2) is 5.82 Å². The van der Waals surface area contributed by atoms with E-state index >= 15 is 0 Å². The predicted molar refractivity (Wildman–Crippen MR) is 145 cm³/mol. The van der Waals surface area contributed by atoms with Crippen molar-refractivity contribution in [3.63, 3.8) is 0 Å². The van der Waals surface area contributed by atoms with Gasteiger partial charge in [-0.2, -0.15) is 0 Å². The number of piperidine rings is 1. The van der Waals surface area contributed by atoms with E-state index in [9.17, 15) is 4.79 Å². The van der Waals surface area contributed by atoms with Crippen LogP contribution in [0.25, 0.3) is 22.3 Å². The van der Waals surface area contributed by atoms with E-state index in [1.807, 2.05) is 54.7 Å². The minimum absolute atomic E-state index is 0.0108. The van der Waals surface area contributed by atoms with E-state index in [-0.39, 0.29) is 5.91 Å². The Balaban J connectivity index is 1.33. The minimum atomic E-state index is -0.0108.